The number of carbonyl (C=O) groups excluding carboxylic acids is 1. The van der Waals surface area contributed by atoms with Crippen LogP contribution in [0.1, 0.15) is 12.8 Å². The summed E-state index contributed by atoms with van der Waals surface area (Å²) in [5.41, 5.74) is 0. The Morgan fingerprint density at radius 2 is 2.46 bits per heavy atom. The van der Waals surface area contributed by atoms with Gasteiger partial charge in [0.25, 0.3) is 0 Å². The van der Waals surface area contributed by atoms with E-state index in [4.69, 9.17) is 5.26 Å². The molecule has 13 heavy (non-hydrogen) atoms. The topological polar surface area (TPSA) is 47.3 Å². The highest BCUT2D eigenvalue weighted by molar-refractivity contribution is 5.83. The van der Waals surface area contributed by atoms with Crippen molar-refractivity contribution in [2.45, 2.75) is 18.9 Å². The molecule has 0 aliphatic carbocycles. The summed E-state index contributed by atoms with van der Waals surface area (Å²) in [7, 11) is 3.72. The Bertz CT molecular complexity index is 234. The molecule has 0 aromatic rings. The van der Waals surface area contributed by atoms with E-state index in [9.17, 15) is 4.79 Å². The molecule has 0 radical (unpaired) electrons. The smallest absolute Gasteiger partial charge is 0.239 e. The van der Waals surface area contributed by atoms with Gasteiger partial charge in [0.05, 0.1) is 12.1 Å². The van der Waals surface area contributed by atoms with Gasteiger partial charge >= 0.3 is 0 Å². The van der Waals surface area contributed by atoms with E-state index in [-0.39, 0.29) is 11.9 Å². The van der Waals surface area contributed by atoms with Crippen LogP contribution in [0.3, 0.4) is 0 Å². The number of likely N-dealkylation sites (N-methyl/N-ethyl adjacent to an activating group) is 2. The van der Waals surface area contributed by atoms with Crippen LogP contribution in [0.25, 0.3) is 0 Å². The molecular formula is C9H15N3O. The van der Waals surface area contributed by atoms with Crippen LogP contribution >= 0.6 is 0 Å². The lowest BCUT2D eigenvalue weighted by Crippen LogP contribution is -2.38. The van der Waals surface area contributed by atoms with Gasteiger partial charge in [-0.25, -0.2) is 0 Å². The van der Waals surface area contributed by atoms with Crippen LogP contribution in [0.5, 0.6) is 0 Å². The monoisotopic (exact) mass is 181 g/mol. The lowest BCUT2D eigenvalue weighted by molar-refractivity contribution is -0.130. The Kier molecular flexibility index (Phi) is 3.26. The zero-order valence-electron chi connectivity index (χ0n) is 8.16. The van der Waals surface area contributed by atoms with Gasteiger partial charge < -0.3 is 4.90 Å². The Labute approximate surface area is 78.7 Å². The van der Waals surface area contributed by atoms with Crippen molar-refractivity contribution in [1.82, 2.24) is 9.80 Å². The van der Waals surface area contributed by atoms with Crippen LogP contribution in [0.2, 0.25) is 0 Å². The van der Waals surface area contributed by atoms with E-state index < -0.39 is 0 Å². The van der Waals surface area contributed by atoms with Crippen LogP contribution in [0.4, 0.5) is 0 Å². The largest absolute Gasteiger partial charge is 0.344 e. The molecule has 4 heteroatoms. The molecule has 1 fully saturated rings. The van der Waals surface area contributed by atoms with Crippen molar-refractivity contribution >= 4 is 5.91 Å². The van der Waals surface area contributed by atoms with Gasteiger partial charge in [-0.15, -0.1) is 0 Å². The standard InChI is InChI=1S/C9H15N3O/c1-11(6-3-5-10)8-4-7-12(2)9(8)13/h8H,3-4,6-7H2,1-2H3. The summed E-state index contributed by atoms with van der Waals surface area (Å²) in [6.45, 7) is 1.52. The van der Waals surface area contributed by atoms with Crippen LogP contribution in [0.15, 0.2) is 0 Å². The summed E-state index contributed by atoms with van der Waals surface area (Å²) in [4.78, 5) is 15.2. The molecule has 1 rings (SSSR count). The summed E-state index contributed by atoms with van der Waals surface area (Å²) in [5.74, 6) is 0.181. The fourth-order valence-corrected chi connectivity index (χ4v) is 1.60. The Balaban J connectivity index is 2.44. The molecule has 1 aliphatic rings. The lowest BCUT2D eigenvalue weighted by atomic mass is 10.2. The van der Waals surface area contributed by atoms with E-state index in [1.807, 2.05) is 19.0 Å². The number of hydrogen-bond donors (Lipinski definition) is 0. The molecular weight excluding hydrogens is 166 g/mol. The zero-order chi connectivity index (χ0) is 9.84. The molecule has 1 atom stereocenters. The molecule has 0 aromatic heterocycles. The minimum atomic E-state index is -0.00153. The predicted octanol–water partition coefficient (Wildman–Crippen LogP) is 0.0626. The van der Waals surface area contributed by atoms with E-state index in [0.29, 0.717) is 13.0 Å². The van der Waals surface area contributed by atoms with Crippen LogP contribution in [-0.4, -0.2) is 48.9 Å². The zero-order valence-corrected chi connectivity index (χ0v) is 8.16. The van der Waals surface area contributed by atoms with Crippen molar-refractivity contribution in [3.05, 3.63) is 0 Å². The van der Waals surface area contributed by atoms with Gasteiger partial charge in [-0.3, -0.25) is 9.69 Å². The molecule has 0 aromatic carbocycles. The van der Waals surface area contributed by atoms with Crippen molar-refractivity contribution < 1.29 is 4.79 Å². The third-order valence-electron chi connectivity index (χ3n) is 2.51. The Morgan fingerprint density at radius 1 is 1.77 bits per heavy atom. The summed E-state index contributed by atoms with van der Waals surface area (Å²) < 4.78 is 0. The quantitative estimate of drug-likeness (QED) is 0.618. The molecule has 0 N–H and O–H groups in total. The van der Waals surface area contributed by atoms with Crippen LogP contribution < -0.4 is 0 Å². The van der Waals surface area contributed by atoms with Gasteiger partial charge in [-0.2, -0.15) is 5.26 Å². The Hall–Kier alpha value is -1.08. The number of likely N-dealkylation sites (tertiary alicyclic amines) is 1. The minimum absolute atomic E-state index is 0.00153. The number of hydrogen-bond acceptors (Lipinski definition) is 3. The summed E-state index contributed by atoms with van der Waals surface area (Å²) in [6, 6.07) is 2.08. The predicted molar refractivity (Wildman–Crippen MR) is 48.9 cm³/mol. The second-order valence-corrected chi connectivity index (χ2v) is 3.45. The molecule has 4 nitrogen and oxygen atoms in total. The summed E-state index contributed by atoms with van der Waals surface area (Å²) in [6.07, 6.45) is 1.38. The molecule has 0 spiro atoms. The average Bonchev–Trinajstić information content (AvgIpc) is 2.44. The van der Waals surface area contributed by atoms with Crippen LogP contribution in [0, 0.1) is 11.3 Å². The first kappa shape index (κ1) is 10.0. The van der Waals surface area contributed by atoms with Crippen molar-refractivity contribution in [2.24, 2.45) is 0 Å². The maximum absolute atomic E-state index is 11.5. The second kappa shape index (κ2) is 4.24. The number of nitriles is 1. The lowest BCUT2D eigenvalue weighted by Gasteiger charge is -2.21. The number of rotatable bonds is 3. The first-order chi connectivity index (χ1) is 6.16. The molecule has 1 amide bonds. The van der Waals surface area contributed by atoms with Crippen molar-refractivity contribution in [3.8, 4) is 6.07 Å². The van der Waals surface area contributed by atoms with E-state index in [0.717, 1.165) is 13.0 Å². The van der Waals surface area contributed by atoms with Crippen molar-refractivity contribution in [3.63, 3.8) is 0 Å². The fraction of sp³-hybridized carbons (Fsp3) is 0.778. The SMILES string of the molecule is CN1CCC(N(C)CCC#N)C1=O. The third-order valence-corrected chi connectivity index (χ3v) is 2.51. The van der Waals surface area contributed by atoms with E-state index in [2.05, 4.69) is 6.07 Å². The minimum Gasteiger partial charge on any atom is -0.344 e. The van der Waals surface area contributed by atoms with Crippen LogP contribution in [-0.2, 0) is 4.79 Å². The molecule has 1 aliphatic heterocycles. The van der Waals surface area contributed by atoms with Crippen molar-refractivity contribution in [2.75, 3.05) is 27.2 Å². The number of amides is 1. The van der Waals surface area contributed by atoms with E-state index in [1.54, 1.807) is 4.90 Å². The fourth-order valence-electron chi connectivity index (χ4n) is 1.60. The summed E-state index contributed by atoms with van der Waals surface area (Å²) >= 11 is 0. The normalized spacial score (nSPS) is 22.5. The first-order valence-electron chi connectivity index (χ1n) is 4.49. The highest BCUT2D eigenvalue weighted by Gasteiger charge is 2.31. The van der Waals surface area contributed by atoms with Gasteiger partial charge in [-0.05, 0) is 13.5 Å². The maximum Gasteiger partial charge on any atom is 0.239 e. The maximum atomic E-state index is 11.5. The highest BCUT2D eigenvalue weighted by atomic mass is 16.2. The average molecular weight is 181 g/mol. The Morgan fingerprint density at radius 3 is 2.92 bits per heavy atom. The molecule has 0 saturated carbocycles. The molecule has 1 heterocycles. The third kappa shape index (κ3) is 2.19. The van der Waals surface area contributed by atoms with Gasteiger partial charge in [0.1, 0.15) is 0 Å². The van der Waals surface area contributed by atoms with Gasteiger partial charge in [0, 0.05) is 26.6 Å². The van der Waals surface area contributed by atoms with Gasteiger partial charge in [0.2, 0.25) is 5.91 Å². The number of carbonyl (C=O) groups is 1. The van der Waals surface area contributed by atoms with E-state index in [1.165, 1.54) is 0 Å². The molecule has 0 bridgehead atoms. The number of nitrogens with zero attached hydrogens (tertiary/aromatic N) is 3. The highest BCUT2D eigenvalue weighted by Crippen LogP contribution is 2.14. The second-order valence-electron chi connectivity index (χ2n) is 3.45. The van der Waals surface area contributed by atoms with E-state index >= 15 is 0 Å². The molecule has 72 valence electrons. The van der Waals surface area contributed by atoms with Gasteiger partial charge in [-0.1, -0.05) is 0 Å². The first-order valence-corrected chi connectivity index (χ1v) is 4.49. The molecule has 1 saturated heterocycles. The summed E-state index contributed by atoms with van der Waals surface area (Å²) in [5, 5.41) is 8.40. The molecule has 1 unspecified atom stereocenters. The van der Waals surface area contributed by atoms with Gasteiger partial charge in [0.15, 0.2) is 0 Å². The van der Waals surface area contributed by atoms with Crippen molar-refractivity contribution in [1.29, 1.82) is 5.26 Å².